The summed E-state index contributed by atoms with van der Waals surface area (Å²) in [4.78, 5) is 15.2. The second kappa shape index (κ2) is 8.57. The molecule has 142 valence electrons. The Hall–Kier alpha value is -2.33. The number of piperidine rings is 1. The molecule has 1 N–H and O–H groups in total. The number of nitrogens with zero attached hydrogens (tertiary/aromatic N) is 1. The van der Waals surface area contributed by atoms with Crippen LogP contribution in [0.3, 0.4) is 0 Å². The monoisotopic (exact) mass is 364 g/mol. The largest absolute Gasteiger partial charge is 0.484 e. The van der Waals surface area contributed by atoms with Crippen LogP contribution in [0.2, 0.25) is 0 Å². The molecule has 2 saturated heterocycles. The highest BCUT2D eigenvalue weighted by Crippen LogP contribution is 2.35. The van der Waals surface area contributed by atoms with Crippen LogP contribution in [0.5, 0.6) is 5.75 Å². The summed E-state index contributed by atoms with van der Waals surface area (Å²) in [5.74, 6) is 1.23. The highest BCUT2D eigenvalue weighted by molar-refractivity contribution is 5.78. The standard InChI is InChI=1S/C23H28N2O2/c26-22(17-27-19-11-5-2-6-12-19)25-16-8-7-13-21-23(25)20(14-15-24-21)18-9-3-1-4-10-18/h1-6,9-12,20-21,23-24H,7-8,13-17H2/t20-,21-,23-/m1/s1. The van der Waals surface area contributed by atoms with Crippen molar-refractivity contribution in [3.8, 4) is 5.75 Å². The van der Waals surface area contributed by atoms with Crippen LogP contribution < -0.4 is 10.1 Å². The van der Waals surface area contributed by atoms with Crippen LogP contribution in [0, 0.1) is 0 Å². The van der Waals surface area contributed by atoms with E-state index in [2.05, 4.69) is 40.5 Å². The minimum absolute atomic E-state index is 0.0976. The first-order chi connectivity index (χ1) is 13.3. The fourth-order valence-electron chi connectivity index (χ4n) is 4.60. The third-order valence-electron chi connectivity index (χ3n) is 5.86. The Bertz CT molecular complexity index is 735. The number of ether oxygens (including phenoxy) is 1. The van der Waals surface area contributed by atoms with Crippen molar-refractivity contribution in [1.82, 2.24) is 10.2 Å². The van der Waals surface area contributed by atoms with Crippen molar-refractivity contribution in [3.63, 3.8) is 0 Å². The number of rotatable bonds is 4. The Morgan fingerprint density at radius 2 is 1.74 bits per heavy atom. The van der Waals surface area contributed by atoms with E-state index in [1.807, 2.05) is 30.3 Å². The number of fused-ring (bicyclic) bond motifs is 1. The fraction of sp³-hybridized carbons (Fsp3) is 0.435. The maximum Gasteiger partial charge on any atom is 0.260 e. The second-order valence-electron chi connectivity index (χ2n) is 7.54. The molecule has 2 aromatic rings. The van der Waals surface area contributed by atoms with Gasteiger partial charge in [0.2, 0.25) is 0 Å². The summed E-state index contributed by atoms with van der Waals surface area (Å²) < 4.78 is 5.77. The van der Waals surface area contributed by atoms with Gasteiger partial charge in [-0.05, 0) is 43.5 Å². The van der Waals surface area contributed by atoms with Gasteiger partial charge in [0, 0.05) is 18.5 Å². The summed E-state index contributed by atoms with van der Waals surface area (Å²) in [5.41, 5.74) is 1.35. The second-order valence-corrected chi connectivity index (χ2v) is 7.54. The number of nitrogens with one attached hydrogen (secondary N) is 1. The molecule has 2 fully saturated rings. The van der Waals surface area contributed by atoms with Crippen LogP contribution in [0.15, 0.2) is 60.7 Å². The first kappa shape index (κ1) is 18.1. The van der Waals surface area contributed by atoms with Crippen molar-refractivity contribution in [2.45, 2.75) is 43.7 Å². The van der Waals surface area contributed by atoms with Crippen molar-refractivity contribution in [2.24, 2.45) is 0 Å². The summed E-state index contributed by atoms with van der Waals surface area (Å²) in [5, 5.41) is 3.68. The van der Waals surface area contributed by atoms with E-state index in [4.69, 9.17) is 4.74 Å². The number of carbonyl (C=O) groups excluding carboxylic acids is 1. The number of likely N-dealkylation sites (tertiary alicyclic amines) is 1. The van der Waals surface area contributed by atoms with E-state index in [1.54, 1.807) is 0 Å². The topological polar surface area (TPSA) is 41.6 Å². The molecule has 0 unspecified atom stereocenters. The lowest BCUT2D eigenvalue weighted by atomic mass is 9.80. The van der Waals surface area contributed by atoms with Crippen molar-refractivity contribution >= 4 is 5.91 Å². The summed E-state index contributed by atoms with van der Waals surface area (Å²) in [6.45, 7) is 1.95. The zero-order chi connectivity index (χ0) is 18.5. The third kappa shape index (κ3) is 4.16. The van der Waals surface area contributed by atoms with E-state index in [0.717, 1.165) is 38.1 Å². The number of hydrogen-bond donors (Lipinski definition) is 1. The number of para-hydroxylation sites is 1. The molecule has 2 aliphatic heterocycles. The van der Waals surface area contributed by atoms with Gasteiger partial charge in [-0.15, -0.1) is 0 Å². The van der Waals surface area contributed by atoms with Gasteiger partial charge >= 0.3 is 0 Å². The van der Waals surface area contributed by atoms with Gasteiger partial charge in [-0.1, -0.05) is 55.0 Å². The molecule has 0 saturated carbocycles. The van der Waals surface area contributed by atoms with Gasteiger partial charge in [0.15, 0.2) is 6.61 Å². The molecule has 4 nitrogen and oxygen atoms in total. The van der Waals surface area contributed by atoms with Gasteiger partial charge in [0.1, 0.15) is 5.75 Å². The third-order valence-corrected chi connectivity index (χ3v) is 5.86. The van der Waals surface area contributed by atoms with Crippen LogP contribution in [-0.4, -0.2) is 42.6 Å². The molecule has 0 aromatic heterocycles. The molecule has 0 aliphatic carbocycles. The molecule has 0 spiro atoms. The maximum absolute atomic E-state index is 13.1. The molecule has 3 atom stereocenters. The van der Waals surface area contributed by atoms with Crippen LogP contribution in [0.1, 0.15) is 37.2 Å². The van der Waals surface area contributed by atoms with E-state index >= 15 is 0 Å². The van der Waals surface area contributed by atoms with Gasteiger partial charge in [-0.25, -0.2) is 0 Å². The Balaban J connectivity index is 1.54. The van der Waals surface area contributed by atoms with Crippen molar-refractivity contribution in [1.29, 1.82) is 0 Å². The van der Waals surface area contributed by atoms with Crippen LogP contribution in [0.25, 0.3) is 0 Å². The van der Waals surface area contributed by atoms with Gasteiger partial charge in [-0.2, -0.15) is 0 Å². The fourth-order valence-corrected chi connectivity index (χ4v) is 4.60. The lowest BCUT2D eigenvalue weighted by Crippen LogP contribution is -2.58. The van der Waals surface area contributed by atoms with Gasteiger partial charge < -0.3 is 15.0 Å². The number of hydrogen-bond acceptors (Lipinski definition) is 3. The van der Waals surface area contributed by atoms with Gasteiger partial charge in [0.05, 0.1) is 6.04 Å². The van der Waals surface area contributed by atoms with Crippen LogP contribution in [0.4, 0.5) is 0 Å². The SMILES string of the molecule is O=C(COc1ccccc1)N1CCCC[C@H]2NCC[C@H](c3ccccc3)[C@H]21. The molecular weight excluding hydrogens is 336 g/mol. The average molecular weight is 364 g/mol. The Labute approximate surface area is 161 Å². The summed E-state index contributed by atoms with van der Waals surface area (Å²) in [7, 11) is 0. The normalized spacial score (nSPS) is 25.3. The van der Waals surface area contributed by atoms with Crippen molar-refractivity contribution < 1.29 is 9.53 Å². The van der Waals surface area contributed by atoms with Crippen molar-refractivity contribution in [3.05, 3.63) is 66.2 Å². The smallest absolute Gasteiger partial charge is 0.260 e. The first-order valence-electron chi connectivity index (χ1n) is 10.1. The molecule has 4 rings (SSSR count). The summed E-state index contributed by atoms with van der Waals surface area (Å²) in [6.07, 6.45) is 4.43. The zero-order valence-corrected chi connectivity index (χ0v) is 15.7. The molecule has 4 heteroatoms. The predicted octanol–water partition coefficient (Wildman–Crippen LogP) is 3.59. The molecule has 27 heavy (non-hydrogen) atoms. The Morgan fingerprint density at radius 1 is 1.00 bits per heavy atom. The maximum atomic E-state index is 13.1. The van der Waals surface area contributed by atoms with Crippen LogP contribution in [-0.2, 0) is 4.79 Å². The average Bonchev–Trinajstić information content (AvgIpc) is 2.96. The Kier molecular flexibility index (Phi) is 5.73. The van der Waals surface area contributed by atoms with E-state index in [1.165, 1.54) is 12.0 Å². The van der Waals surface area contributed by atoms with E-state index in [-0.39, 0.29) is 18.6 Å². The highest BCUT2D eigenvalue weighted by Gasteiger charge is 2.40. The lowest BCUT2D eigenvalue weighted by Gasteiger charge is -2.44. The Morgan fingerprint density at radius 3 is 2.52 bits per heavy atom. The number of benzene rings is 2. The quantitative estimate of drug-likeness (QED) is 0.901. The molecule has 0 bridgehead atoms. The van der Waals surface area contributed by atoms with E-state index in [9.17, 15) is 4.79 Å². The number of carbonyl (C=O) groups is 1. The van der Waals surface area contributed by atoms with Gasteiger partial charge in [-0.3, -0.25) is 4.79 Å². The summed E-state index contributed by atoms with van der Waals surface area (Å²) >= 11 is 0. The minimum atomic E-state index is 0.0976. The number of amides is 1. The minimum Gasteiger partial charge on any atom is -0.484 e. The molecule has 2 heterocycles. The van der Waals surface area contributed by atoms with E-state index < -0.39 is 0 Å². The molecule has 1 amide bonds. The van der Waals surface area contributed by atoms with Crippen molar-refractivity contribution in [2.75, 3.05) is 19.7 Å². The molecular formula is C23H28N2O2. The lowest BCUT2D eigenvalue weighted by molar-refractivity contribution is -0.137. The van der Waals surface area contributed by atoms with Crippen LogP contribution >= 0.6 is 0 Å². The van der Waals surface area contributed by atoms with E-state index in [0.29, 0.717) is 12.0 Å². The highest BCUT2D eigenvalue weighted by atomic mass is 16.5. The zero-order valence-electron chi connectivity index (χ0n) is 15.7. The van der Waals surface area contributed by atoms with Gasteiger partial charge in [0.25, 0.3) is 5.91 Å². The first-order valence-corrected chi connectivity index (χ1v) is 10.1. The molecule has 2 aromatic carbocycles. The predicted molar refractivity (Wildman–Crippen MR) is 107 cm³/mol. The molecule has 2 aliphatic rings. The molecule has 0 radical (unpaired) electrons. The summed E-state index contributed by atoms with van der Waals surface area (Å²) in [6, 6.07) is 20.9.